The summed E-state index contributed by atoms with van der Waals surface area (Å²) < 4.78 is 8.07. The molecular weight excluding hydrogens is 657 g/mol. The number of aryl methyl sites for hydroxylation is 1. The van der Waals surface area contributed by atoms with Gasteiger partial charge in [0, 0.05) is 35.3 Å². The second-order valence-electron chi connectivity index (χ2n) is 13.6. The molecule has 1 saturated heterocycles. The number of likely N-dealkylation sites (tertiary alicyclic amines) is 1. The number of nitrogens with zero attached hydrogens (tertiary/aromatic N) is 3. The number of aromatic nitrogens is 2. The number of rotatable bonds is 8. The zero-order valence-corrected chi connectivity index (χ0v) is 29.7. The number of anilines is 2. The molecule has 8 nitrogen and oxygen atoms in total. The van der Waals surface area contributed by atoms with Crippen molar-refractivity contribution in [2.45, 2.75) is 52.4 Å². The molecule has 0 aliphatic carbocycles. The van der Waals surface area contributed by atoms with Crippen molar-refractivity contribution in [2.75, 3.05) is 30.3 Å². The van der Waals surface area contributed by atoms with Gasteiger partial charge >= 0.3 is 6.03 Å². The number of nitrogens with one attached hydrogen (secondary N) is 2. The number of hydrogen-bond acceptors (Lipinski definition) is 4. The number of carbonyl (C=O) groups is 2. The number of urea groups is 1. The number of amides is 3. The Bertz CT molecular complexity index is 1960. The minimum Gasteiger partial charge on any atom is -0.493 e. The van der Waals surface area contributed by atoms with Crippen LogP contribution in [0.5, 0.6) is 5.75 Å². The van der Waals surface area contributed by atoms with Gasteiger partial charge in [0.15, 0.2) is 0 Å². The van der Waals surface area contributed by atoms with Crippen molar-refractivity contribution >= 4 is 57.4 Å². The molecule has 5 aromatic rings. The summed E-state index contributed by atoms with van der Waals surface area (Å²) in [6.07, 6.45) is 2.64. The van der Waals surface area contributed by atoms with E-state index in [1.54, 1.807) is 22.9 Å². The lowest BCUT2D eigenvalue weighted by Crippen LogP contribution is -2.39. The highest BCUT2D eigenvalue weighted by molar-refractivity contribution is 6.39. The van der Waals surface area contributed by atoms with Crippen LogP contribution >= 0.6 is 23.2 Å². The first-order valence-corrected chi connectivity index (χ1v) is 17.4. The third-order valence-electron chi connectivity index (χ3n) is 8.99. The first kappa shape index (κ1) is 34.3. The molecule has 2 heterocycles. The summed E-state index contributed by atoms with van der Waals surface area (Å²) in [4.78, 5) is 28.3. The van der Waals surface area contributed by atoms with Crippen LogP contribution in [0.15, 0.2) is 84.9 Å². The molecule has 3 amide bonds. The van der Waals surface area contributed by atoms with Gasteiger partial charge < -0.3 is 15.0 Å². The molecule has 1 fully saturated rings. The monoisotopic (exact) mass is 697 g/mol. The molecule has 49 heavy (non-hydrogen) atoms. The van der Waals surface area contributed by atoms with Crippen molar-refractivity contribution in [1.29, 1.82) is 0 Å². The van der Waals surface area contributed by atoms with Crippen LogP contribution in [0.1, 0.15) is 61.6 Å². The molecule has 0 radical (unpaired) electrons. The first-order chi connectivity index (χ1) is 23.5. The number of benzene rings is 4. The Kier molecular flexibility index (Phi) is 10.2. The summed E-state index contributed by atoms with van der Waals surface area (Å²) in [5, 5.41) is 13.4. The zero-order chi connectivity index (χ0) is 34.7. The van der Waals surface area contributed by atoms with Crippen LogP contribution < -0.4 is 15.4 Å². The lowest BCUT2D eigenvalue weighted by molar-refractivity contribution is 0.0680. The van der Waals surface area contributed by atoms with Gasteiger partial charge in [-0.3, -0.25) is 10.1 Å². The average molecular weight is 699 g/mol. The molecular formula is C39H41Cl2N5O3. The minimum absolute atomic E-state index is 0.120. The highest BCUT2D eigenvalue weighted by Gasteiger charge is 2.27. The fraction of sp³-hybridized carbons (Fsp3) is 0.308. The number of piperidine rings is 1. The molecule has 1 aromatic heterocycles. The van der Waals surface area contributed by atoms with Gasteiger partial charge in [-0.2, -0.15) is 5.10 Å². The molecule has 254 valence electrons. The van der Waals surface area contributed by atoms with Gasteiger partial charge in [-0.1, -0.05) is 92.0 Å². The minimum atomic E-state index is -0.367. The smallest absolute Gasteiger partial charge is 0.324 e. The topological polar surface area (TPSA) is 88.5 Å². The van der Waals surface area contributed by atoms with Crippen LogP contribution in [0.2, 0.25) is 10.0 Å². The van der Waals surface area contributed by atoms with Crippen molar-refractivity contribution in [2.24, 2.45) is 5.92 Å². The van der Waals surface area contributed by atoms with Crippen molar-refractivity contribution in [3.63, 3.8) is 0 Å². The van der Waals surface area contributed by atoms with Crippen LogP contribution in [-0.4, -0.2) is 46.3 Å². The van der Waals surface area contributed by atoms with E-state index in [0.29, 0.717) is 52.7 Å². The summed E-state index contributed by atoms with van der Waals surface area (Å²) in [6, 6.07) is 26.4. The Balaban J connectivity index is 1.08. The first-order valence-electron chi connectivity index (χ1n) is 16.6. The normalized spacial score (nSPS) is 13.8. The maximum Gasteiger partial charge on any atom is 0.324 e. The predicted molar refractivity (Wildman–Crippen MR) is 199 cm³/mol. The Morgan fingerprint density at radius 2 is 1.55 bits per heavy atom. The molecule has 0 bridgehead atoms. The Labute approximate surface area is 297 Å². The fourth-order valence-electron chi connectivity index (χ4n) is 6.12. The molecule has 6 rings (SSSR count). The van der Waals surface area contributed by atoms with E-state index in [9.17, 15) is 9.59 Å². The van der Waals surface area contributed by atoms with Crippen molar-refractivity contribution in [3.8, 4) is 11.4 Å². The lowest BCUT2D eigenvalue weighted by atomic mass is 9.92. The third-order valence-corrected chi connectivity index (χ3v) is 9.62. The van der Waals surface area contributed by atoms with Gasteiger partial charge in [-0.05, 0) is 68.5 Å². The molecule has 0 spiro atoms. The van der Waals surface area contributed by atoms with Gasteiger partial charge in [-0.15, -0.1) is 0 Å². The van der Waals surface area contributed by atoms with E-state index in [0.717, 1.165) is 52.7 Å². The van der Waals surface area contributed by atoms with E-state index in [2.05, 4.69) is 31.4 Å². The van der Waals surface area contributed by atoms with Gasteiger partial charge in [0.05, 0.1) is 39.3 Å². The second kappa shape index (κ2) is 14.5. The largest absolute Gasteiger partial charge is 0.493 e. The highest BCUT2D eigenvalue weighted by Crippen LogP contribution is 2.34. The number of hydrogen-bond donors (Lipinski definition) is 2. The van der Waals surface area contributed by atoms with Crippen molar-refractivity contribution < 1.29 is 14.3 Å². The van der Waals surface area contributed by atoms with Gasteiger partial charge in [0.1, 0.15) is 11.6 Å². The Morgan fingerprint density at radius 1 is 0.878 bits per heavy atom. The molecule has 1 aliphatic rings. The summed E-state index contributed by atoms with van der Waals surface area (Å²) in [5.41, 5.74) is 3.73. The van der Waals surface area contributed by atoms with E-state index in [4.69, 9.17) is 33.0 Å². The van der Waals surface area contributed by atoms with Crippen LogP contribution in [0, 0.1) is 12.8 Å². The fourth-order valence-corrected chi connectivity index (χ4v) is 6.68. The third kappa shape index (κ3) is 7.87. The van der Waals surface area contributed by atoms with E-state index >= 15 is 0 Å². The van der Waals surface area contributed by atoms with Crippen LogP contribution in [0.25, 0.3) is 16.5 Å². The van der Waals surface area contributed by atoms with Crippen LogP contribution in [-0.2, 0) is 5.41 Å². The number of halogens is 2. The molecule has 0 saturated carbocycles. The molecule has 4 aromatic carbocycles. The summed E-state index contributed by atoms with van der Waals surface area (Å²) in [5.74, 6) is 1.66. The van der Waals surface area contributed by atoms with Crippen LogP contribution in [0.3, 0.4) is 0 Å². The second-order valence-corrected chi connectivity index (χ2v) is 14.4. The van der Waals surface area contributed by atoms with E-state index < -0.39 is 0 Å². The quantitative estimate of drug-likeness (QED) is 0.169. The van der Waals surface area contributed by atoms with Gasteiger partial charge in [-0.25, -0.2) is 9.48 Å². The standard InChI is InChI=1S/C39H41Cl2N5O3/c1-25-12-14-27(15-13-25)46-35(24-34(44-46)39(2,3)4)43-38(48)42-32-16-17-33(29-9-6-5-8-28(29)32)49-23-20-26-18-21-45(22-19-26)37(47)36-30(40)10-7-11-31(36)41/h5-17,24,26H,18-23H2,1-4H3,(H2,42,43,48). The Morgan fingerprint density at radius 3 is 2.22 bits per heavy atom. The molecule has 2 N–H and O–H groups in total. The molecule has 0 atom stereocenters. The van der Waals surface area contributed by atoms with Gasteiger partial charge in [0.2, 0.25) is 0 Å². The molecule has 1 aliphatic heterocycles. The highest BCUT2D eigenvalue weighted by atomic mass is 35.5. The SMILES string of the molecule is Cc1ccc(-n2nc(C(C)(C)C)cc2NC(=O)Nc2ccc(OCCC3CCN(C(=O)c4c(Cl)cccc4Cl)CC3)c3ccccc23)cc1. The predicted octanol–water partition coefficient (Wildman–Crippen LogP) is 9.90. The average Bonchev–Trinajstić information content (AvgIpc) is 3.50. The number of fused-ring (bicyclic) bond motifs is 1. The van der Waals surface area contributed by atoms with Crippen molar-refractivity contribution in [3.05, 3.63) is 112 Å². The van der Waals surface area contributed by atoms with E-state index in [1.165, 1.54) is 0 Å². The van der Waals surface area contributed by atoms with E-state index in [1.807, 2.05) is 78.6 Å². The summed E-state index contributed by atoms with van der Waals surface area (Å²) in [7, 11) is 0. The summed E-state index contributed by atoms with van der Waals surface area (Å²) in [6.45, 7) is 10.2. The van der Waals surface area contributed by atoms with Gasteiger partial charge in [0.25, 0.3) is 5.91 Å². The number of carbonyl (C=O) groups excluding carboxylic acids is 2. The van der Waals surface area contributed by atoms with Crippen molar-refractivity contribution in [1.82, 2.24) is 14.7 Å². The lowest BCUT2D eigenvalue weighted by Gasteiger charge is -2.32. The summed E-state index contributed by atoms with van der Waals surface area (Å²) >= 11 is 12.6. The van der Waals surface area contributed by atoms with Crippen LogP contribution in [0.4, 0.5) is 16.3 Å². The zero-order valence-electron chi connectivity index (χ0n) is 28.2. The maximum absolute atomic E-state index is 13.4. The number of ether oxygens (including phenoxy) is 1. The molecule has 0 unspecified atom stereocenters. The van der Waals surface area contributed by atoms with E-state index in [-0.39, 0.29) is 17.4 Å². The molecule has 10 heteroatoms. The Hall–Kier alpha value is -4.53. The maximum atomic E-state index is 13.4.